The molecule has 0 saturated carbocycles. The first kappa shape index (κ1) is 11.1. The molecule has 2 rings (SSSR count). The maximum absolute atomic E-state index is 11.2. The van der Waals surface area contributed by atoms with Crippen LogP contribution >= 0.6 is 11.8 Å². The van der Waals surface area contributed by atoms with Crippen molar-refractivity contribution in [3.8, 4) is 0 Å². The molecule has 1 N–H and O–H groups in total. The van der Waals surface area contributed by atoms with Gasteiger partial charge in [0.2, 0.25) is 0 Å². The minimum atomic E-state index is -0.588. The molecule has 84 valence electrons. The van der Waals surface area contributed by atoms with E-state index in [9.17, 15) is 14.9 Å². The zero-order chi connectivity index (χ0) is 11.6. The van der Waals surface area contributed by atoms with Crippen molar-refractivity contribution in [3.63, 3.8) is 0 Å². The first-order valence-electron chi connectivity index (χ1n) is 4.74. The van der Waals surface area contributed by atoms with Crippen LogP contribution in [0.5, 0.6) is 0 Å². The number of hydrogen-bond acceptors (Lipinski definition) is 5. The summed E-state index contributed by atoms with van der Waals surface area (Å²) in [4.78, 5) is 21.2. The maximum atomic E-state index is 11.2. The quantitative estimate of drug-likeness (QED) is 0.488. The van der Waals surface area contributed by atoms with Gasteiger partial charge >= 0.3 is 0 Å². The number of nitro benzene ring substituents is 1. The van der Waals surface area contributed by atoms with Crippen molar-refractivity contribution in [3.05, 3.63) is 39.9 Å². The van der Waals surface area contributed by atoms with Crippen LogP contribution in [0.4, 0.5) is 5.69 Å². The second-order valence-electron chi connectivity index (χ2n) is 3.53. The van der Waals surface area contributed by atoms with E-state index in [4.69, 9.17) is 0 Å². The molecule has 6 heteroatoms. The van der Waals surface area contributed by atoms with Crippen LogP contribution in [0, 0.1) is 10.1 Å². The predicted octanol–water partition coefficient (Wildman–Crippen LogP) is 1.28. The van der Waals surface area contributed by atoms with Crippen LogP contribution in [0.2, 0.25) is 0 Å². The van der Waals surface area contributed by atoms with Crippen LogP contribution in [0.15, 0.2) is 24.3 Å². The highest BCUT2D eigenvalue weighted by molar-refractivity contribution is 8.01. The molecular weight excluding hydrogens is 228 g/mol. The van der Waals surface area contributed by atoms with Gasteiger partial charge in [-0.3, -0.25) is 10.1 Å². The Bertz CT molecular complexity index is 413. The number of benzene rings is 1. The first-order chi connectivity index (χ1) is 7.68. The van der Waals surface area contributed by atoms with Gasteiger partial charge in [0.15, 0.2) is 0 Å². The summed E-state index contributed by atoms with van der Waals surface area (Å²) < 4.78 is -0.588. The van der Waals surface area contributed by atoms with Gasteiger partial charge in [0.1, 0.15) is 11.0 Å². The normalized spacial score (nSPS) is 24.2. The summed E-state index contributed by atoms with van der Waals surface area (Å²) >= 11 is 1.51. The van der Waals surface area contributed by atoms with E-state index in [0.29, 0.717) is 6.54 Å². The van der Waals surface area contributed by atoms with Crippen LogP contribution in [-0.4, -0.2) is 23.6 Å². The topological polar surface area (TPSA) is 72.2 Å². The Morgan fingerprint density at radius 3 is 2.56 bits per heavy atom. The van der Waals surface area contributed by atoms with Crippen LogP contribution in [0.1, 0.15) is 5.56 Å². The molecule has 1 aromatic carbocycles. The Morgan fingerprint density at radius 2 is 2.12 bits per heavy atom. The number of rotatable bonds is 3. The molecule has 0 aromatic heterocycles. The van der Waals surface area contributed by atoms with Gasteiger partial charge in [-0.15, -0.1) is 11.8 Å². The van der Waals surface area contributed by atoms with E-state index in [0.717, 1.165) is 17.7 Å². The van der Waals surface area contributed by atoms with E-state index in [-0.39, 0.29) is 5.69 Å². The highest BCUT2D eigenvalue weighted by atomic mass is 32.2. The van der Waals surface area contributed by atoms with Crippen molar-refractivity contribution in [2.45, 2.75) is 4.75 Å². The Morgan fingerprint density at radius 1 is 1.44 bits per heavy atom. The Hall–Kier alpha value is -1.40. The molecule has 1 heterocycles. The van der Waals surface area contributed by atoms with Crippen LogP contribution in [-0.2, 0) is 9.54 Å². The molecule has 1 aliphatic heterocycles. The van der Waals surface area contributed by atoms with Crippen molar-refractivity contribution < 1.29 is 9.72 Å². The smallest absolute Gasteiger partial charge is 0.269 e. The number of nitro groups is 1. The molecule has 1 saturated heterocycles. The van der Waals surface area contributed by atoms with Crippen molar-refractivity contribution in [1.29, 1.82) is 0 Å². The summed E-state index contributed by atoms with van der Waals surface area (Å²) in [6.45, 7) is 0.568. The Labute approximate surface area is 96.4 Å². The third-order valence-electron chi connectivity index (χ3n) is 2.58. The summed E-state index contributed by atoms with van der Waals surface area (Å²) in [5.74, 6) is 0.718. The molecule has 1 unspecified atom stereocenters. The largest absolute Gasteiger partial charge is 0.306 e. The van der Waals surface area contributed by atoms with Crippen molar-refractivity contribution in [2.24, 2.45) is 0 Å². The molecule has 1 aromatic rings. The number of carbonyl (C=O) groups excluding carboxylic acids is 1. The highest BCUT2D eigenvalue weighted by Gasteiger charge is 2.36. The van der Waals surface area contributed by atoms with Crippen LogP contribution in [0.25, 0.3) is 0 Å². The van der Waals surface area contributed by atoms with Crippen molar-refractivity contribution >= 4 is 23.7 Å². The molecule has 0 spiro atoms. The van der Waals surface area contributed by atoms with Crippen LogP contribution in [0.3, 0.4) is 0 Å². The maximum Gasteiger partial charge on any atom is 0.269 e. The number of thioether (sulfide) groups is 1. The van der Waals surface area contributed by atoms with E-state index in [1.54, 1.807) is 12.1 Å². The van der Waals surface area contributed by atoms with Crippen LogP contribution < -0.4 is 5.32 Å². The minimum Gasteiger partial charge on any atom is -0.306 e. The predicted molar refractivity (Wildman–Crippen MR) is 61.3 cm³/mol. The lowest BCUT2D eigenvalue weighted by molar-refractivity contribution is -0.384. The zero-order valence-electron chi connectivity index (χ0n) is 8.38. The zero-order valence-corrected chi connectivity index (χ0v) is 9.20. The summed E-state index contributed by atoms with van der Waals surface area (Å²) in [5.41, 5.74) is 0.851. The summed E-state index contributed by atoms with van der Waals surface area (Å²) in [6.07, 6.45) is 0.902. The minimum absolute atomic E-state index is 0.0424. The van der Waals surface area contributed by atoms with Gasteiger partial charge in [-0.1, -0.05) is 12.1 Å². The number of hydrogen-bond donors (Lipinski definition) is 1. The Kier molecular flexibility index (Phi) is 2.93. The standard InChI is InChI=1S/C10H10N2O3S/c13-6-10(5-11-7-16-10)8-1-3-9(4-2-8)12(14)15/h1-4,6,11H,5,7H2. The average Bonchev–Trinajstić information content (AvgIpc) is 2.79. The molecule has 0 aliphatic carbocycles. The van der Waals surface area contributed by atoms with E-state index in [1.165, 1.54) is 23.9 Å². The number of nitrogens with one attached hydrogen (secondary N) is 1. The van der Waals surface area contributed by atoms with Gasteiger partial charge in [-0.25, -0.2) is 0 Å². The van der Waals surface area contributed by atoms with Crippen molar-refractivity contribution in [1.82, 2.24) is 5.32 Å². The van der Waals surface area contributed by atoms with Crippen molar-refractivity contribution in [2.75, 3.05) is 12.4 Å². The molecule has 1 aliphatic rings. The molecule has 1 fully saturated rings. The SMILES string of the molecule is O=CC1(c2ccc([N+](=O)[O-])cc2)CNCS1. The second kappa shape index (κ2) is 4.23. The molecule has 16 heavy (non-hydrogen) atoms. The number of carbonyl (C=O) groups is 1. The van der Waals surface area contributed by atoms with Gasteiger partial charge < -0.3 is 10.1 Å². The monoisotopic (exact) mass is 238 g/mol. The summed E-state index contributed by atoms with van der Waals surface area (Å²) in [6, 6.07) is 6.15. The molecule has 0 amide bonds. The Balaban J connectivity index is 2.33. The van der Waals surface area contributed by atoms with E-state index in [2.05, 4.69) is 5.32 Å². The molecule has 0 bridgehead atoms. The van der Waals surface area contributed by atoms with Gasteiger partial charge in [0.25, 0.3) is 5.69 Å². The number of non-ortho nitro benzene ring substituents is 1. The van der Waals surface area contributed by atoms with E-state index < -0.39 is 9.67 Å². The van der Waals surface area contributed by atoms with Gasteiger partial charge in [-0.05, 0) is 5.56 Å². The molecular formula is C10H10N2O3S. The summed E-state index contributed by atoms with van der Waals surface area (Å²) in [5, 5.41) is 13.6. The van der Waals surface area contributed by atoms with Gasteiger partial charge in [0.05, 0.1) is 4.92 Å². The highest BCUT2D eigenvalue weighted by Crippen LogP contribution is 2.37. The molecule has 0 radical (unpaired) electrons. The summed E-state index contributed by atoms with van der Waals surface area (Å²) in [7, 11) is 0. The lowest BCUT2D eigenvalue weighted by Crippen LogP contribution is -2.28. The number of aldehydes is 1. The lowest BCUT2D eigenvalue weighted by Gasteiger charge is -2.20. The first-order valence-corrected chi connectivity index (χ1v) is 5.72. The van der Waals surface area contributed by atoms with Gasteiger partial charge in [0, 0.05) is 24.6 Å². The van der Waals surface area contributed by atoms with E-state index >= 15 is 0 Å². The average molecular weight is 238 g/mol. The lowest BCUT2D eigenvalue weighted by atomic mass is 9.99. The third-order valence-corrected chi connectivity index (χ3v) is 3.92. The fraction of sp³-hybridized carbons (Fsp3) is 0.300. The molecule has 5 nitrogen and oxygen atoms in total. The fourth-order valence-electron chi connectivity index (χ4n) is 1.66. The van der Waals surface area contributed by atoms with E-state index in [1.807, 2.05) is 0 Å². The molecule has 1 atom stereocenters. The fourth-order valence-corrected chi connectivity index (χ4v) is 2.70. The van der Waals surface area contributed by atoms with Gasteiger partial charge in [-0.2, -0.15) is 0 Å². The second-order valence-corrected chi connectivity index (χ2v) is 4.83. The number of nitrogens with zero attached hydrogens (tertiary/aromatic N) is 1. The third kappa shape index (κ3) is 1.81.